The van der Waals surface area contributed by atoms with E-state index in [4.69, 9.17) is 4.74 Å². The lowest BCUT2D eigenvalue weighted by molar-refractivity contribution is 0.102. The van der Waals surface area contributed by atoms with Crippen LogP contribution in [0.4, 0.5) is 10.1 Å². The molecule has 0 fully saturated rings. The Kier molecular flexibility index (Phi) is 5.27. The number of benzene rings is 2. The first-order valence-corrected chi connectivity index (χ1v) is 8.35. The van der Waals surface area contributed by atoms with Crippen LogP contribution in [-0.2, 0) is 0 Å². The van der Waals surface area contributed by atoms with Gasteiger partial charge in [0.1, 0.15) is 0 Å². The van der Waals surface area contributed by atoms with Gasteiger partial charge >= 0.3 is 0 Å². The zero-order valence-corrected chi connectivity index (χ0v) is 14.6. The molecule has 0 aliphatic heterocycles. The second kappa shape index (κ2) is 7.78. The molecule has 0 aliphatic rings. The summed E-state index contributed by atoms with van der Waals surface area (Å²) in [6, 6.07) is 17.6. The number of rotatable bonds is 5. The topological polar surface area (TPSA) is 51.2 Å². The highest BCUT2D eigenvalue weighted by atomic mass is 19.1. The third-order valence-corrected chi connectivity index (χ3v) is 3.89. The van der Waals surface area contributed by atoms with Crippen LogP contribution in [-0.4, -0.2) is 17.5 Å². The number of hydrogen-bond acceptors (Lipinski definition) is 3. The van der Waals surface area contributed by atoms with E-state index in [2.05, 4.69) is 10.3 Å². The minimum atomic E-state index is -0.515. The molecule has 1 heterocycles. The predicted octanol–water partition coefficient (Wildman–Crippen LogP) is 4.85. The molecule has 26 heavy (non-hydrogen) atoms. The Balaban J connectivity index is 1.79. The third-order valence-electron chi connectivity index (χ3n) is 3.89. The molecule has 0 saturated carbocycles. The molecule has 132 valence electrons. The molecule has 3 rings (SSSR count). The Morgan fingerprint density at radius 2 is 1.88 bits per heavy atom. The fraction of sp³-hybridized carbons (Fsp3) is 0.143. The number of aromatic nitrogens is 1. The fourth-order valence-electron chi connectivity index (χ4n) is 2.62. The van der Waals surface area contributed by atoms with Crippen molar-refractivity contribution in [3.05, 3.63) is 77.7 Å². The molecule has 0 saturated heterocycles. The molecule has 0 unspecified atom stereocenters. The van der Waals surface area contributed by atoms with E-state index in [1.54, 1.807) is 32.0 Å². The average molecular weight is 350 g/mol. The van der Waals surface area contributed by atoms with Gasteiger partial charge in [0, 0.05) is 17.3 Å². The van der Waals surface area contributed by atoms with Crippen LogP contribution in [0.3, 0.4) is 0 Å². The van der Waals surface area contributed by atoms with E-state index in [9.17, 15) is 9.18 Å². The van der Waals surface area contributed by atoms with Crippen LogP contribution in [0.15, 0.2) is 60.7 Å². The quantitative estimate of drug-likeness (QED) is 0.716. The Labute approximate surface area is 151 Å². The van der Waals surface area contributed by atoms with Gasteiger partial charge in [-0.2, -0.15) is 0 Å². The number of nitrogens with zero attached hydrogens (tertiary/aromatic N) is 1. The highest BCUT2D eigenvalue weighted by Gasteiger charge is 2.13. The lowest BCUT2D eigenvalue weighted by Gasteiger charge is -2.10. The van der Waals surface area contributed by atoms with Gasteiger partial charge in [-0.05, 0) is 38.1 Å². The van der Waals surface area contributed by atoms with Crippen LogP contribution < -0.4 is 10.1 Å². The maximum absolute atomic E-state index is 13.9. The zero-order chi connectivity index (χ0) is 18.5. The summed E-state index contributed by atoms with van der Waals surface area (Å²) in [4.78, 5) is 17.0. The summed E-state index contributed by atoms with van der Waals surface area (Å²) in [6.45, 7) is 3.94. The van der Waals surface area contributed by atoms with Crippen molar-refractivity contribution in [2.45, 2.75) is 13.8 Å². The van der Waals surface area contributed by atoms with E-state index in [1.807, 2.05) is 30.3 Å². The van der Waals surface area contributed by atoms with E-state index in [1.165, 1.54) is 12.1 Å². The first-order valence-electron chi connectivity index (χ1n) is 8.35. The number of carbonyl (C=O) groups is 1. The number of pyridine rings is 1. The molecule has 2 aromatic carbocycles. The number of amides is 1. The van der Waals surface area contributed by atoms with Crippen molar-refractivity contribution in [1.82, 2.24) is 4.98 Å². The number of aryl methyl sites for hydroxylation is 1. The summed E-state index contributed by atoms with van der Waals surface area (Å²) >= 11 is 0. The summed E-state index contributed by atoms with van der Waals surface area (Å²) in [7, 11) is 0. The van der Waals surface area contributed by atoms with E-state index in [0.717, 1.165) is 11.3 Å². The van der Waals surface area contributed by atoms with E-state index >= 15 is 0 Å². The Morgan fingerprint density at radius 1 is 1.12 bits per heavy atom. The van der Waals surface area contributed by atoms with Crippen molar-refractivity contribution in [2.75, 3.05) is 11.9 Å². The molecule has 5 heteroatoms. The number of halogens is 1. The second-order valence-electron chi connectivity index (χ2n) is 5.73. The van der Waals surface area contributed by atoms with Crippen LogP contribution >= 0.6 is 0 Å². The third kappa shape index (κ3) is 3.88. The normalized spacial score (nSPS) is 10.4. The molecule has 1 amide bonds. The predicted molar refractivity (Wildman–Crippen MR) is 99.9 cm³/mol. The van der Waals surface area contributed by atoms with Crippen molar-refractivity contribution in [2.24, 2.45) is 0 Å². The Bertz CT molecular complexity index is 927. The standard InChI is InChI=1S/C21H19FN2O2/c1-3-26-20-12-9-16(13-18(20)22)24-21(25)17-10-11-19(23-14(17)2)15-7-5-4-6-8-15/h4-13H,3H2,1-2H3,(H,24,25). The first-order chi connectivity index (χ1) is 12.6. The monoisotopic (exact) mass is 350 g/mol. The number of carbonyl (C=O) groups excluding carboxylic acids is 1. The van der Waals surface area contributed by atoms with Crippen LogP contribution in [0.5, 0.6) is 5.75 Å². The average Bonchev–Trinajstić information content (AvgIpc) is 2.64. The van der Waals surface area contributed by atoms with E-state index in [0.29, 0.717) is 23.6 Å². The first kappa shape index (κ1) is 17.6. The molecule has 0 atom stereocenters. The summed E-state index contributed by atoms with van der Waals surface area (Å²) < 4.78 is 19.1. The second-order valence-corrected chi connectivity index (χ2v) is 5.73. The lowest BCUT2D eigenvalue weighted by Crippen LogP contribution is -2.14. The molecular formula is C21H19FN2O2. The van der Waals surface area contributed by atoms with Gasteiger partial charge in [-0.3, -0.25) is 9.78 Å². The van der Waals surface area contributed by atoms with Gasteiger partial charge in [0.2, 0.25) is 0 Å². The highest BCUT2D eigenvalue weighted by Crippen LogP contribution is 2.23. The molecular weight excluding hydrogens is 331 g/mol. The van der Waals surface area contributed by atoms with Crippen molar-refractivity contribution >= 4 is 11.6 Å². The summed E-state index contributed by atoms with van der Waals surface area (Å²) in [5.74, 6) is -0.687. The molecule has 0 radical (unpaired) electrons. The summed E-state index contributed by atoms with van der Waals surface area (Å²) in [6.07, 6.45) is 0. The number of nitrogens with one attached hydrogen (secondary N) is 1. The number of anilines is 1. The van der Waals surface area contributed by atoms with Crippen LogP contribution in [0, 0.1) is 12.7 Å². The number of ether oxygens (including phenoxy) is 1. The van der Waals surface area contributed by atoms with Gasteiger partial charge in [-0.1, -0.05) is 30.3 Å². The molecule has 1 aromatic heterocycles. The van der Waals surface area contributed by atoms with Crippen molar-refractivity contribution in [1.29, 1.82) is 0 Å². The van der Waals surface area contributed by atoms with Crippen LogP contribution in [0.25, 0.3) is 11.3 Å². The minimum absolute atomic E-state index is 0.163. The highest BCUT2D eigenvalue weighted by molar-refractivity contribution is 6.05. The Hall–Kier alpha value is -3.21. The van der Waals surface area contributed by atoms with Gasteiger partial charge < -0.3 is 10.1 Å². The lowest BCUT2D eigenvalue weighted by atomic mass is 10.1. The smallest absolute Gasteiger partial charge is 0.257 e. The molecule has 0 aliphatic carbocycles. The summed E-state index contributed by atoms with van der Waals surface area (Å²) in [5.41, 5.74) is 3.19. The maximum atomic E-state index is 13.9. The van der Waals surface area contributed by atoms with Gasteiger partial charge in [0.15, 0.2) is 11.6 Å². The minimum Gasteiger partial charge on any atom is -0.491 e. The molecule has 4 nitrogen and oxygen atoms in total. The maximum Gasteiger partial charge on any atom is 0.257 e. The SMILES string of the molecule is CCOc1ccc(NC(=O)c2ccc(-c3ccccc3)nc2C)cc1F. The molecule has 3 aromatic rings. The van der Waals surface area contributed by atoms with Crippen molar-refractivity contribution < 1.29 is 13.9 Å². The van der Waals surface area contributed by atoms with Gasteiger partial charge in [0.05, 0.1) is 23.6 Å². The molecule has 1 N–H and O–H groups in total. The number of hydrogen-bond donors (Lipinski definition) is 1. The zero-order valence-electron chi connectivity index (χ0n) is 14.6. The van der Waals surface area contributed by atoms with Crippen molar-refractivity contribution in [3.8, 4) is 17.0 Å². The van der Waals surface area contributed by atoms with Crippen molar-refractivity contribution in [3.63, 3.8) is 0 Å². The van der Waals surface area contributed by atoms with Gasteiger partial charge in [0.25, 0.3) is 5.91 Å². The Morgan fingerprint density at radius 3 is 2.54 bits per heavy atom. The van der Waals surface area contributed by atoms with Gasteiger partial charge in [-0.25, -0.2) is 4.39 Å². The van der Waals surface area contributed by atoms with Crippen LogP contribution in [0.2, 0.25) is 0 Å². The largest absolute Gasteiger partial charge is 0.491 e. The molecule has 0 bridgehead atoms. The fourth-order valence-corrected chi connectivity index (χ4v) is 2.62. The molecule has 0 spiro atoms. The summed E-state index contributed by atoms with van der Waals surface area (Å²) in [5, 5.41) is 2.69. The van der Waals surface area contributed by atoms with Crippen LogP contribution in [0.1, 0.15) is 23.0 Å². The van der Waals surface area contributed by atoms with E-state index in [-0.39, 0.29) is 11.7 Å². The van der Waals surface area contributed by atoms with E-state index < -0.39 is 5.82 Å². The van der Waals surface area contributed by atoms with Gasteiger partial charge in [-0.15, -0.1) is 0 Å².